The highest BCUT2D eigenvalue weighted by atomic mass is 16.2. The molecule has 0 radical (unpaired) electrons. The van der Waals surface area contributed by atoms with Crippen LogP contribution in [0.1, 0.15) is 32.1 Å². The molecule has 0 aliphatic heterocycles. The average molecular weight is 261 g/mol. The summed E-state index contributed by atoms with van der Waals surface area (Å²) in [5.74, 6) is 0.0265. The maximum Gasteiger partial charge on any atom is 0.238 e. The number of amides is 1. The number of hydrogen-bond donors (Lipinski definition) is 2. The average Bonchev–Trinajstić information content (AvgIpc) is 2.39. The quantitative estimate of drug-likeness (QED) is 0.819. The Kier molecular flexibility index (Phi) is 4.80. The van der Waals surface area contributed by atoms with Crippen molar-refractivity contribution in [2.24, 2.45) is 0 Å². The van der Waals surface area contributed by atoms with Crippen molar-refractivity contribution in [3.63, 3.8) is 0 Å². The fourth-order valence-corrected chi connectivity index (χ4v) is 2.69. The van der Waals surface area contributed by atoms with E-state index in [-0.39, 0.29) is 5.91 Å². The van der Waals surface area contributed by atoms with Gasteiger partial charge in [0.05, 0.1) is 6.54 Å². The minimum Gasteiger partial charge on any atom is -0.399 e. The van der Waals surface area contributed by atoms with Gasteiger partial charge in [0.2, 0.25) is 5.91 Å². The molecule has 1 aromatic rings. The maximum atomic E-state index is 12.0. The van der Waals surface area contributed by atoms with Gasteiger partial charge in [0, 0.05) is 17.4 Å². The van der Waals surface area contributed by atoms with Crippen LogP contribution in [0.2, 0.25) is 0 Å². The first-order chi connectivity index (χ1) is 9.15. The summed E-state index contributed by atoms with van der Waals surface area (Å²) in [7, 11) is 2.04. The summed E-state index contributed by atoms with van der Waals surface area (Å²) in [6, 6.07) is 7.84. The van der Waals surface area contributed by atoms with Crippen LogP contribution in [0.5, 0.6) is 0 Å². The van der Waals surface area contributed by atoms with Crippen molar-refractivity contribution in [3.8, 4) is 0 Å². The fraction of sp³-hybridized carbons (Fsp3) is 0.533. The van der Waals surface area contributed by atoms with Crippen molar-refractivity contribution in [1.82, 2.24) is 4.90 Å². The molecule has 1 aliphatic carbocycles. The van der Waals surface area contributed by atoms with Gasteiger partial charge in [-0.25, -0.2) is 0 Å². The third-order valence-corrected chi connectivity index (χ3v) is 3.76. The molecule has 4 heteroatoms. The van der Waals surface area contributed by atoms with E-state index in [0.717, 1.165) is 5.69 Å². The first-order valence-electron chi connectivity index (χ1n) is 7.01. The highest BCUT2D eigenvalue weighted by Gasteiger charge is 2.19. The van der Waals surface area contributed by atoms with Gasteiger partial charge < -0.3 is 11.1 Å². The minimum atomic E-state index is 0.0265. The van der Waals surface area contributed by atoms with Gasteiger partial charge in [-0.1, -0.05) is 25.3 Å². The summed E-state index contributed by atoms with van der Waals surface area (Å²) >= 11 is 0. The van der Waals surface area contributed by atoms with Crippen LogP contribution in [0, 0.1) is 0 Å². The predicted octanol–water partition coefficient (Wildman–Crippen LogP) is 2.47. The molecule has 1 fully saturated rings. The molecule has 104 valence electrons. The fourth-order valence-electron chi connectivity index (χ4n) is 2.69. The van der Waals surface area contributed by atoms with Gasteiger partial charge in [0.25, 0.3) is 0 Å². The van der Waals surface area contributed by atoms with Crippen LogP contribution in [-0.2, 0) is 4.79 Å². The van der Waals surface area contributed by atoms with Gasteiger partial charge in [-0.05, 0) is 38.1 Å². The van der Waals surface area contributed by atoms with Crippen molar-refractivity contribution in [1.29, 1.82) is 0 Å². The Hall–Kier alpha value is -1.55. The molecule has 0 spiro atoms. The van der Waals surface area contributed by atoms with E-state index >= 15 is 0 Å². The molecule has 1 amide bonds. The van der Waals surface area contributed by atoms with Crippen molar-refractivity contribution >= 4 is 17.3 Å². The Bertz CT molecular complexity index is 427. The van der Waals surface area contributed by atoms with Crippen molar-refractivity contribution in [2.75, 3.05) is 24.6 Å². The van der Waals surface area contributed by atoms with Crippen molar-refractivity contribution < 1.29 is 4.79 Å². The Balaban J connectivity index is 1.83. The molecule has 1 aromatic carbocycles. The van der Waals surface area contributed by atoms with Crippen LogP contribution in [-0.4, -0.2) is 30.4 Å². The van der Waals surface area contributed by atoms with E-state index in [1.807, 2.05) is 25.2 Å². The van der Waals surface area contributed by atoms with E-state index in [1.54, 1.807) is 6.07 Å². The highest BCUT2D eigenvalue weighted by Crippen LogP contribution is 2.21. The third-order valence-electron chi connectivity index (χ3n) is 3.76. The number of carbonyl (C=O) groups is 1. The summed E-state index contributed by atoms with van der Waals surface area (Å²) in [4.78, 5) is 14.2. The summed E-state index contributed by atoms with van der Waals surface area (Å²) in [5.41, 5.74) is 7.12. The van der Waals surface area contributed by atoms with Gasteiger partial charge in [0.15, 0.2) is 0 Å². The molecule has 0 saturated heterocycles. The van der Waals surface area contributed by atoms with Gasteiger partial charge in [-0.15, -0.1) is 0 Å². The molecule has 1 aliphatic rings. The number of likely N-dealkylation sites (N-methyl/N-ethyl adjacent to an activating group) is 1. The third kappa shape index (κ3) is 4.24. The van der Waals surface area contributed by atoms with E-state index in [0.29, 0.717) is 18.3 Å². The van der Waals surface area contributed by atoms with Crippen LogP contribution in [0.4, 0.5) is 11.4 Å². The number of nitrogens with zero attached hydrogens (tertiary/aromatic N) is 1. The molecule has 0 bridgehead atoms. The maximum absolute atomic E-state index is 12.0. The molecule has 3 N–H and O–H groups in total. The monoisotopic (exact) mass is 261 g/mol. The molecular weight excluding hydrogens is 238 g/mol. The number of nitrogens with two attached hydrogens (primary N) is 1. The number of hydrogen-bond acceptors (Lipinski definition) is 3. The van der Waals surface area contributed by atoms with Crippen LogP contribution < -0.4 is 11.1 Å². The number of anilines is 2. The molecular formula is C15H23N3O. The Labute approximate surface area is 115 Å². The van der Waals surface area contributed by atoms with Crippen LogP contribution in [0.25, 0.3) is 0 Å². The lowest BCUT2D eigenvalue weighted by molar-refractivity contribution is -0.117. The zero-order valence-corrected chi connectivity index (χ0v) is 11.6. The van der Waals surface area contributed by atoms with E-state index in [2.05, 4.69) is 10.2 Å². The topological polar surface area (TPSA) is 58.4 Å². The normalized spacial score (nSPS) is 16.5. The molecule has 0 atom stereocenters. The molecule has 2 rings (SSSR count). The lowest BCUT2D eigenvalue weighted by Crippen LogP contribution is -2.39. The molecule has 4 nitrogen and oxygen atoms in total. The highest BCUT2D eigenvalue weighted by molar-refractivity contribution is 5.92. The van der Waals surface area contributed by atoms with Gasteiger partial charge in [0.1, 0.15) is 0 Å². The lowest BCUT2D eigenvalue weighted by atomic mass is 9.94. The SMILES string of the molecule is CN(CC(=O)Nc1cccc(N)c1)C1CCCCC1. The second-order valence-corrected chi connectivity index (χ2v) is 5.38. The molecule has 0 aromatic heterocycles. The molecule has 0 heterocycles. The second-order valence-electron chi connectivity index (χ2n) is 5.38. The zero-order valence-electron chi connectivity index (χ0n) is 11.6. The van der Waals surface area contributed by atoms with Crippen LogP contribution >= 0.6 is 0 Å². The summed E-state index contributed by atoms with van der Waals surface area (Å²) in [6.07, 6.45) is 6.32. The predicted molar refractivity (Wildman–Crippen MR) is 79.0 cm³/mol. The smallest absolute Gasteiger partial charge is 0.238 e. The van der Waals surface area contributed by atoms with E-state index in [1.165, 1.54) is 32.1 Å². The Morgan fingerprint density at radius 2 is 2.11 bits per heavy atom. The zero-order chi connectivity index (χ0) is 13.7. The summed E-state index contributed by atoms with van der Waals surface area (Å²) < 4.78 is 0. The number of rotatable bonds is 4. The van der Waals surface area contributed by atoms with Gasteiger partial charge >= 0.3 is 0 Å². The van der Waals surface area contributed by atoms with Crippen molar-refractivity contribution in [3.05, 3.63) is 24.3 Å². The Morgan fingerprint density at radius 1 is 1.37 bits per heavy atom. The number of nitrogen functional groups attached to an aromatic ring is 1. The van der Waals surface area contributed by atoms with Crippen molar-refractivity contribution in [2.45, 2.75) is 38.1 Å². The van der Waals surface area contributed by atoms with Gasteiger partial charge in [-0.2, -0.15) is 0 Å². The first kappa shape index (κ1) is 13.9. The minimum absolute atomic E-state index is 0.0265. The van der Waals surface area contributed by atoms with E-state index in [9.17, 15) is 4.79 Å². The largest absolute Gasteiger partial charge is 0.399 e. The number of nitrogens with one attached hydrogen (secondary N) is 1. The van der Waals surface area contributed by atoms with Crippen LogP contribution in [0.3, 0.4) is 0 Å². The number of benzene rings is 1. The standard InChI is InChI=1S/C15H23N3O/c1-18(14-8-3-2-4-9-14)11-15(19)17-13-7-5-6-12(16)10-13/h5-7,10,14H,2-4,8-9,11,16H2,1H3,(H,17,19). The second kappa shape index (κ2) is 6.57. The lowest BCUT2D eigenvalue weighted by Gasteiger charge is -2.30. The summed E-state index contributed by atoms with van der Waals surface area (Å²) in [6.45, 7) is 0.444. The van der Waals surface area contributed by atoms with Crippen LogP contribution in [0.15, 0.2) is 24.3 Å². The molecule has 19 heavy (non-hydrogen) atoms. The molecule has 0 unspecified atom stereocenters. The Morgan fingerprint density at radius 3 is 2.79 bits per heavy atom. The first-order valence-corrected chi connectivity index (χ1v) is 7.01. The van der Waals surface area contributed by atoms with E-state index < -0.39 is 0 Å². The number of carbonyl (C=O) groups excluding carboxylic acids is 1. The van der Waals surface area contributed by atoms with Gasteiger partial charge in [-0.3, -0.25) is 9.69 Å². The van der Waals surface area contributed by atoms with E-state index in [4.69, 9.17) is 5.73 Å². The molecule has 1 saturated carbocycles. The summed E-state index contributed by atoms with van der Waals surface area (Å²) in [5, 5.41) is 2.89.